The van der Waals surface area contributed by atoms with Crippen LogP contribution < -0.4 is 0 Å². The van der Waals surface area contributed by atoms with Crippen molar-refractivity contribution < 1.29 is 19.7 Å². The van der Waals surface area contributed by atoms with Gasteiger partial charge in [0.05, 0.1) is 0 Å². The zero-order valence-electron chi connectivity index (χ0n) is 8.90. The predicted molar refractivity (Wildman–Crippen MR) is 62.6 cm³/mol. The summed E-state index contributed by atoms with van der Waals surface area (Å²) in [5.74, 6) is -0.724. The lowest BCUT2D eigenvalue weighted by Crippen LogP contribution is -2.55. The minimum Gasteiger partial charge on any atom is -0.387 e. The van der Waals surface area contributed by atoms with E-state index in [9.17, 15) is 10.2 Å². The molecule has 2 N–H and O–H groups in total. The number of hydrogen-bond acceptors (Lipinski definition) is 4. The summed E-state index contributed by atoms with van der Waals surface area (Å²) in [4.78, 5) is 0. The van der Waals surface area contributed by atoms with Crippen molar-refractivity contribution in [3.05, 3.63) is 9.66 Å². The van der Waals surface area contributed by atoms with Crippen molar-refractivity contribution in [1.82, 2.24) is 0 Å². The van der Waals surface area contributed by atoms with Gasteiger partial charge in [0.15, 0.2) is 5.79 Å². The zero-order valence-corrected chi connectivity index (χ0v) is 11.1. The van der Waals surface area contributed by atoms with Gasteiger partial charge in [-0.1, -0.05) is 0 Å². The third-order valence-corrected chi connectivity index (χ3v) is 3.92. The van der Waals surface area contributed by atoms with Gasteiger partial charge in [-0.2, -0.15) is 0 Å². The van der Waals surface area contributed by atoms with Crippen LogP contribution in [0.3, 0.4) is 0 Å². The number of halogens is 1. The molecule has 0 unspecified atom stereocenters. The molecule has 1 aliphatic carbocycles. The first-order valence-corrected chi connectivity index (χ1v) is 5.95. The second-order valence-electron chi connectivity index (χ2n) is 4.67. The molecule has 0 saturated carbocycles. The molecule has 0 spiro atoms. The van der Waals surface area contributed by atoms with Crippen molar-refractivity contribution in [3.63, 3.8) is 0 Å². The molecule has 0 radical (unpaired) electrons. The summed E-state index contributed by atoms with van der Waals surface area (Å²) < 4.78 is 12.1. The number of hydrogen-bond donors (Lipinski definition) is 2. The van der Waals surface area contributed by atoms with Crippen LogP contribution in [0.25, 0.3) is 0 Å². The van der Waals surface area contributed by atoms with Crippen molar-refractivity contribution in [2.24, 2.45) is 0 Å². The zero-order chi connectivity index (χ0) is 11.4. The minimum atomic E-state index is -0.957. The van der Waals surface area contributed by atoms with Crippen LogP contribution in [0.2, 0.25) is 0 Å². The van der Waals surface area contributed by atoms with E-state index in [1.54, 1.807) is 20.8 Å². The number of fused-ring (bicyclic) bond motifs is 1. The first-order valence-electron chi connectivity index (χ1n) is 4.87. The van der Waals surface area contributed by atoms with Gasteiger partial charge < -0.3 is 19.7 Å². The molecule has 4 nitrogen and oxygen atoms in total. The molecule has 1 aliphatic heterocycles. The maximum Gasteiger partial charge on any atom is 0.164 e. The maximum atomic E-state index is 10.0. The molecule has 86 valence electrons. The molecule has 0 aromatic heterocycles. The van der Waals surface area contributed by atoms with Crippen molar-refractivity contribution in [2.75, 3.05) is 0 Å². The van der Waals surface area contributed by atoms with Crippen LogP contribution in [0.5, 0.6) is 0 Å². The van der Waals surface area contributed by atoms with Gasteiger partial charge in [-0.25, -0.2) is 0 Å². The second-order valence-corrected chi connectivity index (χ2v) is 5.91. The Hall–Kier alpha value is 0.310. The van der Waals surface area contributed by atoms with Gasteiger partial charge in [-0.05, 0) is 49.4 Å². The smallest absolute Gasteiger partial charge is 0.164 e. The highest BCUT2D eigenvalue weighted by Crippen LogP contribution is 2.44. The van der Waals surface area contributed by atoms with E-state index >= 15 is 0 Å². The minimum absolute atomic E-state index is 0.308. The Morgan fingerprint density at radius 3 is 2.53 bits per heavy atom. The fourth-order valence-corrected chi connectivity index (χ4v) is 2.84. The Bertz CT molecular complexity index is 315. The van der Waals surface area contributed by atoms with Crippen molar-refractivity contribution in [1.29, 1.82) is 0 Å². The lowest BCUT2D eigenvalue weighted by atomic mass is 9.84. The summed E-state index contributed by atoms with van der Waals surface area (Å²) in [6.07, 6.45) is -0.338. The first-order chi connectivity index (χ1) is 6.76. The van der Waals surface area contributed by atoms with Crippen LogP contribution in [0.4, 0.5) is 0 Å². The van der Waals surface area contributed by atoms with E-state index < -0.39 is 23.6 Å². The lowest BCUT2D eigenvalue weighted by Gasteiger charge is -2.38. The van der Waals surface area contributed by atoms with Crippen LogP contribution >= 0.6 is 22.6 Å². The van der Waals surface area contributed by atoms with Gasteiger partial charge in [-0.3, -0.25) is 0 Å². The summed E-state index contributed by atoms with van der Waals surface area (Å²) in [6.45, 7) is 5.37. The molecule has 0 bridgehead atoms. The van der Waals surface area contributed by atoms with Crippen molar-refractivity contribution >= 4 is 22.6 Å². The van der Waals surface area contributed by atoms with E-state index in [1.807, 2.05) is 28.7 Å². The largest absolute Gasteiger partial charge is 0.387 e. The molecule has 15 heavy (non-hydrogen) atoms. The Kier molecular flexibility index (Phi) is 2.67. The number of rotatable bonds is 0. The highest BCUT2D eigenvalue weighted by molar-refractivity contribution is 14.1. The number of aliphatic hydroxyl groups excluding tert-OH is 2. The SMILES string of the molecule is CC1(C)O[C@@H]2C=C(I)[C@@H](O)[C@@H](O)[C@]2(C)O1. The van der Waals surface area contributed by atoms with Crippen LogP contribution in [0.15, 0.2) is 9.66 Å². The van der Waals surface area contributed by atoms with Gasteiger partial charge in [-0.15, -0.1) is 0 Å². The molecule has 4 atom stereocenters. The van der Waals surface area contributed by atoms with Gasteiger partial charge in [0.25, 0.3) is 0 Å². The van der Waals surface area contributed by atoms with E-state index in [0.29, 0.717) is 3.58 Å². The Morgan fingerprint density at radius 1 is 1.33 bits per heavy atom. The highest BCUT2D eigenvalue weighted by Gasteiger charge is 2.57. The predicted octanol–water partition coefficient (Wildman–Crippen LogP) is 0.951. The highest BCUT2D eigenvalue weighted by atomic mass is 127. The quantitative estimate of drug-likeness (QED) is 0.651. The maximum absolute atomic E-state index is 10.0. The second kappa shape index (κ2) is 3.40. The molecular formula is C10H15IO4. The Labute approximate surface area is 102 Å². The molecule has 1 heterocycles. The summed E-state index contributed by atoms with van der Waals surface area (Å²) in [7, 11) is 0. The van der Waals surface area contributed by atoms with E-state index in [0.717, 1.165) is 0 Å². The number of ether oxygens (including phenoxy) is 2. The summed E-state index contributed by atoms with van der Waals surface area (Å²) >= 11 is 2.01. The van der Waals surface area contributed by atoms with E-state index in [-0.39, 0.29) is 6.10 Å². The Morgan fingerprint density at radius 2 is 1.93 bits per heavy atom. The molecular weight excluding hydrogens is 311 g/mol. The van der Waals surface area contributed by atoms with Gasteiger partial charge in [0, 0.05) is 3.58 Å². The van der Waals surface area contributed by atoms with Crippen molar-refractivity contribution in [2.45, 2.75) is 50.5 Å². The summed E-state index contributed by atoms with van der Waals surface area (Å²) in [6, 6.07) is 0. The summed E-state index contributed by atoms with van der Waals surface area (Å²) in [5, 5.41) is 19.8. The van der Waals surface area contributed by atoms with Gasteiger partial charge in [0.2, 0.25) is 0 Å². The molecule has 2 rings (SSSR count). The van der Waals surface area contributed by atoms with Crippen LogP contribution in [0.1, 0.15) is 20.8 Å². The molecule has 5 heteroatoms. The van der Waals surface area contributed by atoms with Crippen LogP contribution in [-0.2, 0) is 9.47 Å². The third kappa shape index (κ3) is 1.74. The van der Waals surface area contributed by atoms with Gasteiger partial charge in [0.1, 0.15) is 23.9 Å². The van der Waals surface area contributed by atoms with Crippen molar-refractivity contribution in [3.8, 4) is 0 Å². The molecule has 2 aliphatic rings. The molecule has 0 aromatic rings. The molecule has 1 fully saturated rings. The fourth-order valence-electron chi connectivity index (χ4n) is 2.17. The molecule has 0 amide bonds. The molecule has 1 saturated heterocycles. The van der Waals surface area contributed by atoms with Crippen LogP contribution in [-0.4, -0.2) is 39.9 Å². The average molecular weight is 326 g/mol. The topological polar surface area (TPSA) is 58.9 Å². The van der Waals surface area contributed by atoms with Crippen LogP contribution in [0, 0.1) is 0 Å². The first kappa shape index (κ1) is 11.8. The molecule has 0 aromatic carbocycles. The number of aliphatic hydroxyl groups is 2. The van der Waals surface area contributed by atoms with E-state index in [2.05, 4.69) is 0 Å². The third-order valence-electron chi connectivity index (χ3n) is 2.92. The normalized spacial score (nSPS) is 48.7. The lowest BCUT2D eigenvalue weighted by molar-refractivity contribution is -0.188. The average Bonchev–Trinajstić information content (AvgIpc) is 2.33. The summed E-state index contributed by atoms with van der Waals surface area (Å²) in [5.41, 5.74) is -0.864. The van der Waals surface area contributed by atoms with E-state index in [4.69, 9.17) is 9.47 Å². The van der Waals surface area contributed by atoms with Gasteiger partial charge >= 0.3 is 0 Å². The Balaban J connectivity index is 2.39. The standard InChI is InChI=1S/C10H15IO4/c1-9(2)14-6-4-5(11)7(12)8(13)10(6,3)15-9/h4,6-8,12-13H,1-3H3/t6-,7-,8-,10-/m1/s1. The monoisotopic (exact) mass is 326 g/mol. The van der Waals surface area contributed by atoms with E-state index in [1.165, 1.54) is 0 Å². The fraction of sp³-hybridized carbons (Fsp3) is 0.800.